The van der Waals surface area contributed by atoms with E-state index in [0.717, 1.165) is 4.47 Å². The first-order valence-corrected chi connectivity index (χ1v) is 4.35. The Morgan fingerprint density at radius 1 is 1.54 bits per heavy atom. The molecular weight excluding hydrogens is 234 g/mol. The summed E-state index contributed by atoms with van der Waals surface area (Å²) in [6.07, 6.45) is 2.66. The Labute approximate surface area is 84.0 Å². The van der Waals surface area contributed by atoms with Gasteiger partial charge in [-0.25, -0.2) is 0 Å². The van der Waals surface area contributed by atoms with Crippen molar-refractivity contribution in [1.82, 2.24) is 0 Å². The van der Waals surface area contributed by atoms with E-state index >= 15 is 0 Å². The molecule has 0 saturated carbocycles. The molecule has 68 valence electrons. The molecule has 0 aliphatic heterocycles. The normalized spacial score (nSPS) is 10.5. The van der Waals surface area contributed by atoms with E-state index in [2.05, 4.69) is 15.9 Å². The van der Waals surface area contributed by atoms with Gasteiger partial charge in [-0.1, -0.05) is 15.9 Å². The third-order valence-electron chi connectivity index (χ3n) is 1.42. The van der Waals surface area contributed by atoms with Crippen LogP contribution >= 0.6 is 15.9 Å². The van der Waals surface area contributed by atoms with Crippen LogP contribution in [0.4, 0.5) is 0 Å². The summed E-state index contributed by atoms with van der Waals surface area (Å²) in [4.78, 5) is 10.4. The Morgan fingerprint density at radius 3 is 2.85 bits per heavy atom. The number of carbonyl (C=O) groups excluding carboxylic acids is 1. The van der Waals surface area contributed by atoms with E-state index in [9.17, 15) is 9.90 Å². The first-order chi connectivity index (χ1) is 6.09. The second kappa shape index (κ2) is 4.09. The molecule has 0 aromatic heterocycles. The SMILES string of the molecule is NC(=O)C=Cc1cc(Br)ccc1O. The molecule has 4 heteroatoms. The number of rotatable bonds is 2. The summed E-state index contributed by atoms with van der Waals surface area (Å²) in [5.74, 6) is -0.430. The van der Waals surface area contributed by atoms with Crippen LogP contribution in [-0.4, -0.2) is 11.0 Å². The highest BCUT2D eigenvalue weighted by Gasteiger charge is 1.97. The average Bonchev–Trinajstić information content (AvgIpc) is 2.06. The third kappa shape index (κ3) is 2.91. The average molecular weight is 242 g/mol. The molecule has 3 N–H and O–H groups in total. The second-order valence-corrected chi connectivity index (χ2v) is 3.35. The molecule has 0 aliphatic rings. The van der Waals surface area contributed by atoms with Gasteiger partial charge >= 0.3 is 0 Å². The number of amides is 1. The molecular formula is C9H8BrNO2. The maximum Gasteiger partial charge on any atom is 0.241 e. The van der Waals surface area contributed by atoms with E-state index in [1.807, 2.05) is 0 Å². The van der Waals surface area contributed by atoms with Crippen molar-refractivity contribution in [2.24, 2.45) is 5.73 Å². The molecule has 0 spiro atoms. The van der Waals surface area contributed by atoms with Crippen LogP contribution in [0.25, 0.3) is 6.08 Å². The minimum Gasteiger partial charge on any atom is -0.507 e. The zero-order valence-corrected chi connectivity index (χ0v) is 8.28. The fraction of sp³-hybridized carbons (Fsp3) is 0. The van der Waals surface area contributed by atoms with Gasteiger partial charge < -0.3 is 10.8 Å². The van der Waals surface area contributed by atoms with Crippen LogP contribution < -0.4 is 5.73 Å². The van der Waals surface area contributed by atoms with Crippen molar-refractivity contribution >= 4 is 27.9 Å². The van der Waals surface area contributed by atoms with E-state index in [4.69, 9.17) is 5.73 Å². The zero-order valence-electron chi connectivity index (χ0n) is 6.70. The molecule has 0 fully saturated rings. The lowest BCUT2D eigenvalue weighted by Crippen LogP contribution is -2.05. The minimum absolute atomic E-state index is 0.112. The van der Waals surface area contributed by atoms with Crippen LogP contribution in [0.3, 0.4) is 0 Å². The van der Waals surface area contributed by atoms with Crippen LogP contribution in [0.15, 0.2) is 28.7 Å². The molecule has 3 nitrogen and oxygen atoms in total. The molecule has 1 aromatic rings. The first kappa shape index (κ1) is 9.80. The topological polar surface area (TPSA) is 63.3 Å². The van der Waals surface area contributed by atoms with Crippen molar-refractivity contribution in [2.75, 3.05) is 0 Å². The van der Waals surface area contributed by atoms with E-state index in [0.29, 0.717) is 5.56 Å². The number of phenolic OH excluding ortho intramolecular Hbond substituents is 1. The Morgan fingerprint density at radius 2 is 2.23 bits per heavy atom. The number of nitrogens with two attached hydrogens (primary N) is 1. The number of halogens is 1. The standard InChI is InChI=1S/C9H8BrNO2/c10-7-2-3-8(12)6(5-7)1-4-9(11)13/h1-5,12H,(H2,11,13). The predicted molar refractivity (Wildman–Crippen MR) is 54.0 cm³/mol. The van der Waals surface area contributed by atoms with Gasteiger partial charge in [-0.05, 0) is 24.3 Å². The van der Waals surface area contributed by atoms with Gasteiger partial charge in [0.05, 0.1) is 0 Å². The number of benzene rings is 1. The number of hydrogen-bond donors (Lipinski definition) is 2. The monoisotopic (exact) mass is 241 g/mol. The molecule has 0 bridgehead atoms. The molecule has 0 aliphatic carbocycles. The summed E-state index contributed by atoms with van der Waals surface area (Å²) in [7, 11) is 0. The minimum atomic E-state index is -0.542. The summed E-state index contributed by atoms with van der Waals surface area (Å²) in [5.41, 5.74) is 5.46. The Kier molecular flexibility index (Phi) is 3.08. The van der Waals surface area contributed by atoms with Crippen LogP contribution in [0.5, 0.6) is 5.75 Å². The first-order valence-electron chi connectivity index (χ1n) is 3.55. The number of carbonyl (C=O) groups is 1. The van der Waals surface area contributed by atoms with E-state index in [1.54, 1.807) is 12.1 Å². The quantitative estimate of drug-likeness (QED) is 0.774. The summed E-state index contributed by atoms with van der Waals surface area (Å²) in [6, 6.07) is 4.93. The maximum absolute atomic E-state index is 10.4. The van der Waals surface area contributed by atoms with Crippen molar-refractivity contribution in [2.45, 2.75) is 0 Å². The molecule has 1 rings (SSSR count). The van der Waals surface area contributed by atoms with Gasteiger partial charge in [-0.2, -0.15) is 0 Å². The summed E-state index contributed by atoms with van der Waals surface area (Å²) in [6.45, 7) is 0. The van der Waals surface area contributed by atoms with Crippen molar-refractivity contribution in [3.8, 4) is 5.75 Å². The number of phenols is 1. The highest BCUT2D eigenvalue weighted by atomic mass is 79.9. The van der Waals surface area contributed by atoms with Gasteiger partial charge in [0.2, 0.25) is 5.91 Å². The lowest BCUT2D eigenvalue weighted by Gasteiger charge is -1.98. The van der Waals surface area contributed by atoms with Crippen molar-refractivity contribution in [1.29, 1.82) is 0 Å². The fourth-order valence-electron chi connectivity index (χ4n) is 0.831. The number of hydrogen-bond acceptors (Lipinski definition) is 2. The Hall–Kier alpha value is -1.29. The second-order valence-electron chi connectivity index (χ2n) is 2.44. The number of aromatic hydroxyl groups is 1. The van der Waals surface area contributed by atoms with Crippen molar-refractivity contribution < 1.29 is 9.90 Å². The van der Waals surface area contributed by atoms with Gasteiger partial charge in [0.1, 0.15) is 5.75 Å². The fourth-order valence-corrected chi connectivity index (χ4v) is 1.21. The van der Waals surface area contributed by atoms with Crippen LogP contribution in [0.1, 0.15) is 5.56 Å². The molecule has 0 unspecified atom stereocenters. The molecule has 1 amide bonds. The molecule has 0 atom stereocenters. The number of primary amides is 1. The summed E-state index contributed by atoms with van der Waals surface area (Å²) in [5, 5.41) is 9.32. The van der Waals surface area contributed by atoms with Gasteiger partial charge in [-0.3, -0.25) is 4.79 Å². The van der Waals surface area contributed by atoms with Gasteiger partial charge in [0.15, 0.2) is 0 Å². The van der Waals surface area contributed by atoms with Gasteiger partial charge in [-0.15, -0.1) is 0 Å². The smallest absolute Gasteiger partial charge is 0.241 e. The molecule has 0 saturated heterocycles. The lowest BCUT2D eigenvalue weighted by molar-refractivity contribution is -0.113. The Bertz CT molecular complexity index is 361. The predicted octanol–water partition coefficient (Wildman–Crippen LogP) is 1.65. The van der Waals surface area contributed by atoms with E-state index < -0.39 is 5.91 Å². The van der Waals surface area contributed by atoms with Crippen LogP contribution in [0, 0.1) is 0 Å². The zero-order chi connectivity index (χ0) is 9.84. The van der Waals surface area contributed by atoms with Crippen LogP contribution in [-0.2, 0) is 4.79 Å². The van der Waals surface area contributed by atoms with Gasteiger partial charge in [0, 0.05) is 16.1 Å². The molecule has 0 heterocycles. The van der Waals surface area contributed by atoms with Gasteiger partial charge in [0.25, 0.3) is 0 Å². The van der Waals surface area contributed by atoms with Crippen molar-refractivity contribution in [3.05, 3.63) is 34.3 Å². The highest BCUT2D eigenvalue weighted by molar-refractivity contribution is 9.10. The van der Waals surface area contributed by atoms with Crippen LogP contribution in [0.2, 0.25) is 0 Å². The largest absolute Gasteiger partial charge is 0.507 e. The highest BCUT2D eigenvalue weighted by Crippen LogP contribution is 2.22. The van der Waals surface area contributed by atoms with Crippen molar-refractivity contribution in [3.63, 3.8) is 0 Å². The molecule has 1 aromatic carbocycles. The van der Waals surface area contributed by atoms with E-state index in [-0.39, 0.29) is 5.75 Å². The Balaban J connectivity index is 3.00. The summed E-state index contributed by atoms with van der Waals surface area (Å²) >= 11 is 3.24. The summed E-state index contributed by atoms with van der Waals surface area (Å²) < 4.78 is 0.828. The molecule has 13 heavy (non-hydrogen) atoms. The third-order valence-corrected chi connectivity index (χ3v) is 1.91. The molecule has 0 radical (unpaired) electrons. The maximum atomic E-state index is 10.4. The van der Waals surface area contributed by atoms with E-state index in [1.165, 1.54) is 18.2 Å². The lowest BCUT2D eigenvalue weighted by atomic mass is 10.2.